The van der Waals surface area contributed by atoms with E-state index in [2.05, 4.69) is 0 Å². The van der Waals surface area contributed by atoms with E-state index >= 15 is 0 Å². The largest absolute Gasteiger partial charge is 0.417 e. The van der Waals surface area contributed by atoms with E-state index in [0.717, 1.165) is 24.3 Å². The molecule has 0 aliphatic rings. The molecule has 6 nitrogen and oxygen atoms in total. The highest BCUT2D eigenvalue weighted by Gasteiger charge is 2.33. The molecule has 0 bridgehead atoms. The van der Waals surface area contributed by atoms with Crippen molar-refractivity contribution in [2.75, 3.05) is 4.72 Å². The number of hydrogen-bond acceptors (Lipinski definition) is 4. The number of nitrogens with one attached hydrogen (secondary N) is 1. The lowest BCUT2D eigenvalue weighted by atomic mass is 10.2. The van der Waals surface area contributed by atoms with Crippen molar-refractivity contribution in [3.63, 3.8) is 0 Å². The summed E-state index contributed by atoms with van der Waals surface area (Å²) in [4.78, 5) is 9.70. The molecule has 0 amide bonds. The van der Waals surface area contributed by atoms with E-state index in [1.165, 1.54) is 13.0 Å². The fraction of sp³-hybridized carbons (Fsp3) is 0.143. The third-order valence-electron chi connectivity index (χ3n) is 3.21. The number of nitro benzene ring substituents is 1. The van der Waals surface area contributed by atoms with Gasteiger partial charge < -0.3 is 0 Å². The van der Waals surface area contributed by atoms with E-state index in [1.807, 2.05) is 4.72 Å². The molecule has 0 aliphatic carbocycles. The normalized spacial score (nSPS) is 12.0. The molecule has 0 aromatic heterocycles. The van der Waals surface area contributed by atoms with Crippen LogP contribution in [0.3, 0.4) is 0 Å². The predicted molar refractivity (Wildman–Crippen MR) is 85.1 cm³/mol. The van der Waals surface area contributed by atoms with Gasteiger partial charge in [0, 0.05) is 17.3 Å². The first-order valence-corrected chi connectivity index (χ1v) is 8.42. The predicted octanol–water partition coefficient (Wildman–Crippen LogP) is 4.38. The summed E-state index contributed by atoms with van der Waals surface area (Å²) in [6.07, 6.45) is -4.76. The van der Waals surface area contributed by atoms with Crippen molar-refractivity contribution < 1.29 is 26.5 Å². The summed E-state index contributed by atoms with van der Waals surface area (Å²) in [5.74, 6) is 0. The fourth-order valence-corrected chi connectivity index (χ4v) is 3.27. The summed E-state index contributed by atoms with van der Waals surface area (Å²) in [6.45, 7) is 1.43. The zero-order valence-corrected chi connectivity index (χ0v) is 14.0. The van der Waals surface area contributed by atoms with Crippen LogP contribution in [0, 0.1) is 17.0 Å². The Labute approximate surface area is 145 Å². The molecule has 25 heavy (non-hydrogen) atoms. The molecule has 0 spiro atoms. The van der Waals surface area contributed by atoms with E-state index in [1.54, 1.807) is 0 Å². The molecule has 0 saturated carbocycles. The van der Waals surface area contributed by atoms with Crippen LogP contribution >= 0.6 is 11.6 Å². The molecule has 2 aromatic rings. The molecule has 2 aromatic carbocycles. The molecule has 134 valence electrons. The SMILES string of the molecule is Cc1ccc(S(=O)(=O)Nc2ccc(Cl)c(C(F)(F)F)c2)cc1[N+](=O)[O-]. The summed E-state index contributed by atoms with van der Waals surface area (Å²) >= 11 is 5.47. The maximum Gasteiger partial charge on any atom is 0.417 e. The molecule has 0 fully saturated rings. The van der Waals surface area contributed by atoms with Crippen molar-refractivity contribution in [3.8, 4) is 0 Å². The van der Waals surface area contributed by atoms with Crippen molar-refractivity contribution in [3.05, 3.63) is 62.7 Å². The second-order valence-electron chi connectivity index (χ2n) is 5.00. The summed E-state index contributed by atoms with van der Waals surface area (Å²) in [5, 5.41) is 10.3. The summed E-state index contributed by atoms with van der Waals surface area (Å²) in [6, 6.07) is 5.68. The van der Waals surface area contributed by atoms with Gasteiger partial charge in [-0.05, 0) is 31.2 Å². The number of nitrogens with zero attached hydrogens (tertiary/aromatic N) is 1. The maximum absolute atomic E-state index is 12.8. The van der Waals surface area contributed by atoms with E-state index in [-0.39, 0.29) is 11.3 Å². The second-order valence-corrected chi connectivity index (χ2v) is 7.09. The highest BCUT2D eigenvalue weighted by Crippen LogP contribution is 2.36. The Hall–Kier alpha value is -2.33. The van der Waals surface area contributed by atoms with Crippen LogP contribution in [-0.2, 0) is 16.2 Å². The fourth-order valence-electron chi connectivity index (χ4n) is 1.97. The molecule has 0 aliphatic heterocycles. The van der Waals surface area contributed by atoms with E-state index in [0.29, 0.717) is 6.07 Å². The van der Waals surface area contributed by atoms with Crippen LogP contribution in [0.25, 0.3) is 0 Å². The van der Waals surface area contributed by atoms with Gasteiger partial charge in [0.25, 0.3) is 15.7 Å². The monoisotopic (exact) mass is 394 g/mol. The topological polar surface area (TPSA) is 89.3 Å². The Balaban J connectivity index is 2.43. The van der Waals surface area contributed by atoms with Gasteiger partial charge >= 0.3 is 6.18 Å². The van der Waals surface area contributed by atoms with Gasteiger partial charge in [-0.3, -0.25) is 14.8 Å². The van der Waals surface area contributed by atoms with Crippen LogP contribution in [-0.4, -0.2) is 13.3 Å². The first-order chi connectivity index (χ1) is 11.4. The molecular formula is C14H10ClF3N2O4S. The van der Waals surface area contributed by atoms with Crippen molar-refractivity contribution in [1.82, 2.24) is 0 Å². The molecule has 2 rings (SSSR count). The molecular weight excluding hydrogens is 385 g/mol. The molecule has 0 saturated heterocycles. The first kappa shape index (κ1) is 19.0. The van der Waals surface area contributed by atoms with Crippen LogP contribution in [0.15, 0.2) is 41.3 Å². The number of nitro groups is 1. The summed E-state index contributed by atoms with van der Waals surface area (Å²) < 4.78 is 65.0. The summed E-state index contributed by atoms with van der Waals surface area (Å²) in [7, 11) is -4.33. The lowest BCUT2D eigenvalue weighted by Gasteiger charge is -2.13. The number of anilines is 1. The molecule has 11 heteroatoms. The number of sulfonamides is 1. The third kappa shape index (κ3) is 4.20. The van der Waals surface area contributed by atoms with Gasteiger partial charge in [0.05, 0.1) is 20.4 Å². The molecule has 0 unspecified atom stereocenters. The van der Waals surface area contributed by atoms with Crippen LogP contribution in [0.1, 0.15) is 11.1 Å². The Morgan fingerprint density at radius 2 is 1.80 bits per heavy atom. The highest BCUT2D eigenvalue weighted by atomic mass is 35.5. The zero-order valence-electron chi connectivity index (χ0n) is 12.5. The van der Waals surface area contributed by atoms with E-state index < -0.39 is 42.3 Å². The van der Waals surface area contributed by atoms with Gasteiger partial charge in [0.2, 0.25) is 0 Å². The van der Waals surface area contributed by atoms with Gasteiger partial charge in [0.1, 0.15) is 0 Å². The van der Waals surface area contributed by atoms with E-state index in [4.69, 9.17) is 11.6 Å². The van der Waals surface area contributed by atoms with Crippen LogP contribution < -0.4 is 4.72 Å². The minimum absolute atomic E-state index is 0.245. The van der Waals surface area contributed by atoms with Gasteiger partial charge in [0.15, 0.2) is 0 Å². The number of halogens is 4. The Morgan fingerprint density at radius 3 is 2.36 bits per heavy atom. The van der Waals surface area contributed by atoms with Gasteiger partial charge in [-0.2, -0.15) is 13.2 Å². The average Bonchev–Trinajstić information content (AvgIpc) is 2.47. The Bertz CT molecular complexity index is 946. The number of hydrogen-bond donors (Lipinski definition) is 1. The quantitative estimate of drug-likeness (QED) is 0.615. The average molecular weight is 395 g/mol. The van der Waals surface area contributed by atoms with Crippen molar-refractivity contribution in [2.45, 2.75) is 18.0 Å². The molecule has 0 atom stereocenters. The minimum Gasteiger partial charge on any atom is -0.280 e. The lowest BCUT2D eigenvalue weighted by Crippen LogP contribution is -2.14. The van der Waals surface area contributed by atoms with Gasteiger partial charge in [-0.25, -0.2) is 8.42 Å². The second kappa shape index (κ2) is 6.52. The first-order valence-electron chi connectivity index (χ1n) is 6.56. The van der Waals surface area contributed by atoms with Gasteiger partial charge in [-0.15, -0.1) is 0 Å². The maximum atomic E-state index is 12.8. The molecule has 0 heterocycles. The smallest absolute Gasteiger partial charge is 0.280 e. The molecule has 1 N–H and O–H groups in total. The third-order valence-corrected chi connectivity index (χ3v) is 4.92. The molecule has 0 radical (unpaired) electrons. The lowest BCUT2D eigenvalue weighted by molar-refractivity contribution is -0.385. The minimum atomic E-state index is -4.76. The van der Waals surface area contributed by atoms with Crippen molar-refractivity contribution in [2.24, 2.45) is 0 Å². The number of alkyl halides is 3. The summed E-state index contributed by atoms with van der Waals surface area (Å²) in [5.41, 5.74) is -1.76. The van der Waals surface area contributed by atoms with Crippen LogP contribution in [0.2, 0.25) is 5.02 Å². The standard InChI is InChI=1S/C14H10ClF3N2O4S/c1-8-2-4-10(7-13(8)20(21)22)25(23,24)19-9-3-5-12(15)11(6-9)14(16,17)18/h2-7,19H,1H3. The highest BCUT2D eigenvalue weighted by molar-refractivity contribution is 7.92. The zero-order chi connectivity index (χ0) is 19.0. The van der Waals surface area contributed by atoms with E-state index in [9.17, 15) is 31.7 Å². The Kier molecular flexibility index (Phi) is 4.96. The Morgan fingerprint density at radius 1 is 1.16 bits per heavy atom. The van der Waals surface area contributed by atoms with Crippen LogP contribution in [0.5, 0.6) is 0 Å². The number of benzene rings is 2. The van der Waals surface area contributed by atoms with Crippen LogP contribution in [0.4, 0.5) is 24.5 Å². The van der Waals surface area contributed by atoms with Crippen molar-refractivity contribution in [1.29, 1.82) is 0 Å². The van der Waals surface area contributed by atoms with Crippen molar-refractivity contribution >= 4 is 33.0 Å². The number of aryl methyl sites for hydroxylation is 1. The van der Waals surface area contributed by atoms with Gasteiger partial charge in [-0.1, -0.05) is 17.7 Å². The number of rotatable bonds is 4.